The summed E-state index contributed by atoms with van der Waals surface area (Å²) in [5.41, 5.74) is 14.6. The zero-order chi connectivity index (χ0) is 26.0. The quantitative estimate of drug-likeness (QED) is 0.290. The lowest BCUT2D eigenvalue weighted by Crippen LogP contribution is -2.30. The molecule has 1 nitrogen and oxygen atoms in total. The summed E-state index contributed by atoms with van der Waals surface area (Å²) < 4.78 is 1.18. The van der Waals surface area contributed by atoms with E-state index in [2.05, 4.69) is 135 Å². The van der Waals surface area contributed by atoms with Crippen LogP contribution in [0, 0.1) is 5.41 Å². The van der Waals surface area contributed by atoms with Crippen LogP contribution in [0.5, 0.6) is 0 Å². The molecule has 0 bridgehead atoms. The molecule has 0 spiro atoms. The summed E-state index contributed by atoms with van der Waals surface area (Å²) in [6.45, 7) is 9.46. The lowest BCUT2D eigenvalue weighted by Gasteiger charge is -2.35. The van der Waals surface area contributed by atoms with E-state index < -0.39 is 0 Å². The molecule has 1 unspecified atom stereocenters. The molecule has 1 heterocycles. The third kappa shape index (κ3) is 2.74. The van der Waals surface area contributed by atoms with Crippen LogP contribution in [-0.4, -0.2) is 0 Å². The molecule has 2 heteroatoms. The highest BCUT2D eigenvalue weighted by molar-refractivity contribution is 9.12. The van der Waals surface area contributed by atoms with Gasteiger partial charge in [-0.2, -0.15) is 0 Å². The van der Waals surface area contributed by atoms with Crippen LogP contribution in [0.4, 0.5) is 0 Å². The summed E-state index contributed by atoms with van der Waals surface area (Å²) in [4.78, 5) is 5.02. The van der Waals surface area contributed by atoms with Gasteiger partial charge in [0.2, 0.25) is 0 Å². The fourth-order valence-electron chi connectivity index (χ4n) is 7.50. The molecular formula is C36H28BrN. The number of para-hydroxylation sites is 1. The van der Waals surface area contributed by atoms with Gasteiger partial charge in [-0.15, -0.1) is 0 Å². The van der Waals surface area contributed by atoms with Crippen molar-refractivity contribution < 1.29 is 0 Å². The SMILES string of the molecule is CC1(C)C2=C(C=C3N=c4ccccc4=C31)C(Br)=C1C=CC(c3ccc4c(c3)C(C)(C)c3ccccc3-4)C=C12. The van der Waals surface area contributed by atoms with Crippen LogP contribution in [0.3, 0.4) is 0 Å². The Labute approximate surface area is 232 Å². The van der Waals surface area contributed by atoms with E-state index in [4.69, 9.17) is 4.99 Å². The fourth-order valence-corrected chi connectivity index (χ4v) is 8.16. The van der Waals surface area contributed by atoms with E-state index in [1.807, 2.05) is 0 Å². The molecule has 0 aromatic heterocycles. The van der Waals surface area contributed by atoms with Crippen LogP contribution in [0.25, 0.3) is 16.7 Å². The van der Waals surface area contributed by atoms with Gasteiger partial charge >= 0.3 is 0 Å². The van der Waals surface area contributed by atoms with E-state index in [0.29, 0.717) is 0 Å². The van der Waals surface area contributed by atoms with Crippen molar-refractivity contribution in [3.8, 4) is 11.1 Å². The molecule has 1 aliphatic heterocycles. The van der Waals surface area contributed by atoms with Crippen molar-refractivity contribution in [2.24, 2.45) is 10.4 Å². The number of benzene rings is 3. The van der Waals surface area contributed by atoms with E-state index in [0.717, 1.165) is 11.1 Å². The molecular weight excluding hydrogens is 526 g/mol. The molecule has 3 aromatic carbocycles. The lowest BCUT2D eigenvalue weighted by atomic mass is 9.68. The molecule has 0 saturated heterocycles. The Hall–Kier alpha value is -3.49. The predicted octanol–water partition coefficient (Wildman–Crippen LogP) is 7.94. The fraction of sp³-hybridized carbons (Fsp3) is 0.194. The second kappa shape index (κ2) is 7.33. The molecule has 5 aliphatic rings. The minimum atomic E-state index is -0.153. The molecule has 8 rings (SSSR count). The van der Waals surface area contributed by atoms with Gasteiger partial charge in [-0.1, -0.05) is 107 Å². The Morgan fingerprint density at radius 1 is 0.763 bits per heavy atom. The number of hydrogen-bond donors (Lipinski definition) is 0. The molecule has 38 heavy (non-hydrogen) atoms. The Morgan fingerprint density at radius 3 is 2.39 bits per heavy atom. The first-order valence-electron chi connectivity index (χ1n) is 13.5. The zero-order valence-electron chi connectivity index (χ0n) is 22.1. The summed E-state index contributed by atoms with van der Waals surface area (Å²) in [6.07, 6.45) is 9.48. The number of nitrogens with zero attached hydrogens (tertiary/aromatic N) is 1. The van der Waals surface area contributed by atoms with Crippen molar-refractivity contribution in [1.82, 2.24) is 0 Å². The largest absolute Gasteiger partial charge is 0.248 e. The average Bonchev–Trinajstić information content (AvgIpc) is 3.51. The Kier molecular flexibility index (Phi) is 4.34. The Balaban J connectivity index is 1.27. The van der Waals surface area contributed by atoms with Gasteiger partial charge in [0.25, 0.3) is 0 Å². The number of allylic oxidation sites excluding steroid dienone is 10. The third-order valence-corrected chi connectivity index (χ3v) is 10.2. The van der Waals surface area contributed by atoms with Gasteiger partial charge in [-0.25, -0.2) is 4.99 Å². The highest BCUT2D eigenvalue weighted by Gasteiger charge is 2.44. The van der Waals surface area contributed by atoms with Crippen molar-refractivity contribution in [1.29, 1.82) is 0 Å². The van der Waals surface area contributed by atoms with Crippen LogP contribution in [0.2, 0.25) is 0 Å². The minimum Gasteiger partial charge on any atom is -0.248 e. The third-order valence-electron chi connectivity index (χ3n) is 9.31. The zero-order valence-corrected chi connectivity index (χ0v) is 23.6. The van der Waals surface area contributed by atoms with Crippen molar-refractivity contribution in [2.75, 3.05) is 0 Å². The lowest BCUT2D eigenvalue weighted by molar-refractivity contribution is 0.601. The Morgan fingerprint density at radius 2 is 1.53 bits per heavy atom. The highest BCUT2D eigenvalue weighted by Crippen LogP contribution is 2.58. The van der Waals surface area contributed by atoms with E-state index in [1.165, 1.54) is 65.4 Å². The maximum Gasteiger partial charge on any atom is 0.0713 e. The first-order valence-corrected chi connectivity index (χ1v) is 14.3. The number of fused-ring (bicyclic) bond motifs is 7. The van der Waals surface area contributed by atoms with Gasteiger partial charge in [0.1, 0.15) is 0 Å². The first-order chi connectivity index (χ1) is 18.3. The molecule has 1 atom stereocenters. The van der Waals surface area contributed by atoms with Gasteiger partial charge in [-0.05, 0) is 83.8 Å². The van der Waals surface area contributed by atoms with Crippen LogP contribution in [-0.2, 0) is 5.41 Å². The molecule has 0 fully saturated rings. The van der Waals surface area contributed by atoms with E-state index in [9.17, 15) is 0 Å². The van der Waals surface area contributed by atoms with Gasteiger partial charge in [0.15, 0.2) is 0 Å². The van der Waals surface area contributed by atoms with Crippen molar-refractivity contribution in [3.05, 3.63) is 151 Å². The van der Waals surface area contributed by atoms with Gasteiger partial charge in [0, 0.05) is 26.4 Å². The molecule has 0 radical (unpaired) electrons. The van der Waals surface area contributed by atoms with E-state index in [-0.39, 0.29) is 16.7 Å². The average molecular weight is 555 g/mol. The smallest absolute Gasteiger partial charge is 0.0713 e. The molecule has 3 aromatic rings. The highest BCUT2D eigenvalue weighted by atomic mass is 79.9. The van der Waals surface area contributed by atoms with Crippen molar-refractivity contribution in [3.63, 3.8) is 0 Å². The molecule has 0 amide bonds. The van der Waals surface area contributed by atoms with Crippen molar-refractivity contribution in [2.45, 2.75) is 39.0 Å². The Bertz CT molecular complexity index is 1920. The number of rotatable bonds is 1. The molecule has 4 aliphatic carbocycles. The second-order valence-corrected chi connectivity index (χ2v) is 12.9. The molecule has 0 saturated carbocycles. The summed E-state index contributed by atoms with van der Waals surface area (Å²) in [5, 5.41) is 2.35. The van der Waals surface area contributed by atoms with Crippen LogP contribution < -0.4 is 10.6 Å². The topological polar surface area (TPSA) is 12.4 Å². The summed E-state index contributed by atoms with van der Waals surface area (Å²) >= 11 is 3.99. The maximum absolute atomic E-state index is 5.02. The predicted molar refractivity (Wildman–Crippen MR) is 159 cm³/mol. The standard InChI is InChI=1S/C36H28BrN/c1-35(2)28-11-7-5-9-22(28)23-15-13-21(18-29(23)35)20-14-16-24-26(17-20)32-27(34(24)37)19-31-33(36(32,3)4)25-10-6-8-12-30(25)38-31/h5-20H,1-4H3. The number of halogens is 1. The van der Waals surface area contributed by atoms with Crippen LogP contribution in [0.1, 0.15) is 50.3 Å². The minimum absolute atomic E-state index is 0.00711. The van der Waals surface area contributed by atoms with Gasteiger partial charge in [0.05, 0.1) is 11.1 Å². The molecule has 184 valence electrons. The summed E-state index contributed by atoms with van der Waals surface area (Å²) in [7, 11) is 0. The number of hydrogen-bond acceptors (Lipinski definition) is 1. The van der Waals surface area contributed by atoms with Crippen LogP contribution >= 0.6 is 15.9 Å². The normalized spacial score (nSPS) is 22.7. The van der Waals surface area contributed by atoms with E-state index in [1.54, 1.807) is 0 Å². The summed E-state index contributed by atoms with van der Waals surface area (Å²) in [5.74, 6) is 0.234. The second-order valence-electron chi connectivity index (χ2n) is 12.1. The van der Waals surface area contributed by atoms with E-state index >= 15 is 0 Å². The van der Waals surface area contributed by atoms with Crippen molar-refractivity contribution >= 4 is 21.5 Å². The first kappa shape index (κ1) is 22.5. The van der Waals surface area contributed by atoms with Gasteiger partial charge in [-0.3, -0.25) is 0 Å². The monoisotopic (exact) mass is 553 g/mol. The van der Waals surface area contributed by atoms with Crippen LogP contribution in [0.15, 0.2) is 128 Å². The summed E-state index contributed by atoms with van der Waals surface area (Å²) in [6, 6.07) is 24.6. The van der Waals surface area contributed by atoms with Gasteiger partial charge < -0.3 is 0 Å². The maximum atomic E-state index is 5.02. The molecule has 0 N–H and O–H groups in total.